The first-order chi connectivity index (χ1) is 13.7. The molecular formula is C23H23FN2OS. The van der Waals surface area contributed by atoms with Crippen molar-refractivity contribution in [2.75, 3.05) is 12.4 Å². The molecule has 1 aliphatic rings. The second kappa shape index (κ2) is 8.65. The molecule has 1 aromatic heterocycles. The Morgan fingerprint density at radius 1 is 1.11 bits per heavy atom. The molecule has 4 rings (SSSR count). The third kappa shape index (κ3) is 4.47. The van der Waals surface area contributed by atoms with Gasteiger partial charge in [-0.1, -0.05) is 36.4 Å². The van der Waals surface area contributed by atoms with Gasteiger partial charge in [0.15, 0.2) is 0 Å². The summed E-state index contributed by atoms with van der Waals surface area (Å²) in [6.45, 7) is 3.44. The van der Waals surface area contributed by atoms with E-state index in [0.29, 0.717) is 19.0 Å². The van der Waals surface area contributed by atoms with Crippen molar-refractivity contribution in [1.29, 1.82) is 0 Å². The Hall–Kier alpha value is -2.53. The van der Waals surface area contributed by atoms with Gasteiger partial charge in [-0.2, -0.15) is 11.8 Å². The van der Waals surface area contributed by atoms with E-state index in [2.05, 4.69) is 35.8 Å². The number of benzene rings is 2. The van der Waals surface area contributed by atoms with E-state index >= 15 is 0 Å². The molecule has 0 amide bonds. The molecule has 3 nitrogen and oxygen atoms in total. The molecule has 144 valence electrons. The lowest BCUT2D eigenvalue weighted by molar-refractivity contribution is 0.323. The van der Waals surface area contributed by atoms with Crippen LogP contribution in [0.1, 0.15) is 22.4 Å². The maximum Gasteiger partial charge on any atom is 0.233 e. The second-order valence-corrected chi connectivity index (χ2v) is 8.02. The van der Waals surface area contributed by atoms with Gasteiger partial charge in [0.2, 0.25) is 5.90 Å². The Bertz CT molecular complexity index is 965. The van der Waals surface area contributed by atoms with E-state index in [-0.39, 0.29) is 11.9 Å². The largest absolute Gasteiger partial charge is 0.474 e. The first kappa shape index (κ1) is 18.8. The van der Waals surface area contributed by atoms with Crippen molar-refractivity contribution in [2.45, 2.75) is 25.3 Å². The molecule has 1 aliphatic heterocycles. The molecule has 1 unspecified atom stereocenters. The van der Waals surface area contributed by atoms with Crippen LogP contribution in [0.25, 0.3) is 0 Å². The number of nitrogens with zero attached hydrogens (tertiary/aromatic N) is 2. The zero-order valence-electron chi connectivity index (χ0n) is 15.8. The van der Waals surface area contributed by atoms with Crippen LogP contribution in [0.15, 0.2) is 71.9 Å². The van der Waals surface area contributed by atoms with Gasteiger partial charge in [-0.25, -0.2) is 9.38 Å². The predicted octanol–water partition coefficient (Wildman–Crippen LogP) is 5.06. The highest BCUT2D eigenvalue weighted by Gasteiger charge is 2.22. The Kier molecular flexibility index (Phi) is 5.81. The molecule has 5 heteroatoms. The molecule has 1 atom stereocenters. The van der Waals surface area contributed by atoms with E-state index in [4.69, 9.17) is 9.73 Å². The van der Waals surface area contributed by atoms with Crippen LogP contribution in [0.5, 0.6) is 0 Å². The maximum atomic E-state index is 13.1. The lowest BCUT2D eigenvalue weighted by Crippen LogP contribution is -2.11. The van der Waals surface area contributed by atoms with Crippen LogP contribution in [0.2, 0.25) is 0 Å². The molecule has 0 bridgehead atoms. The van der Waals surface area contributed by atoms with Gasteiger partial charge in [-0.15, -0.1) is 0 Å². The van der Waals surface area contributed by atoms with Crippen molar-refractivity contribution in [3.8, 4) is 0 Å². The van der Waals surface area contributed by atoms with Crippen LogP contribution >= 0.6 is 11.8 Å². The fourth-order valence-corrected chi connectivity index (χ4v) is 4.36. The summed E-state index contributed by atoms with van der Waals surface area (Å²) in [5, 5.41) is 0. The van der Waals surface area contributed by atoms with Crippen molar-refractivity contribution >= 4 is 17.7 Å². The standard InChI is InChI=1S/C23H23FN2OS/c1-17-5-2-3-6-19(17)15-28-16-21-14-27-23(25-21)22-7-4-12-26(22)13-18-8-10-20(24)11-9-18/h2-12,21H,13-16H2,1H3. The third-order valence-electron chi connectivity index (χ3n) is 4.86. The topological polar surface area (TPSA) is 26.5 Å². The van der Waals surface area contributed by atoms with Crippen molar-refractivity contribution in [3.05, 3.63) is 95.1 Å². The number of hydrogen-bond donors (Lipinski definition) is 0. The number of aliphatic imine (C=N–C) groups is 1. The average molecular weight is 395 g/mol. The minimum Gasteiger partial charge on any atom is -0.474 e. The summed E-state index contributed by atoms with van der Waals surface area (Å²) in [7, 11) is 0. The summed E-state index contributed by atoms with van der Waals surface area (Å²) < 4.78 is 21.1. The van der Waals surface area contributed by atoms with Crippen LogP contribution in [0.3, 0.4) is 0 Å². The summed E-state index contributed by atoms with van der Waals surface area (Å²) in [6.07, 6.45) is 2.00. The third-order valence-corrected chi connectivity index (χ3v) is 5.99. The second-order valence-electron chi connectivity index (χ2n) is 6.99. The number of aromatic nitrogens is 1. The van der Waals surface area contributed by atoms with Gasteiger partial charge >= 0.3 is 0 Å². The highest BCUT2D eigenvalue weighted by molar-refractivity contribution is 7.98. The number of ether oxygens (including phenoxy) is 1. The van der Waals surface area contributed by atoms with Crippen molar-refractivity contribution in [3.63, 3.8) is 0 Å². The molecule has 0 fully saturated rings. The number of aryl methyl sites for hydroxylation is 1. The first-order valence-electron chi connectivity index (χ1n) is 9.42. The average Bonchev–Trinajstić information content (AvgIpc) is 3.34. The quantitative estimate of drug-likeness (QED) is 0.560. The Morgan fingerprint density at radius 3 is 2.75 bits per heavy atom. The monoisotopic (exact) mass is 394 g/mol. The van der Waals surface area contributed by atoms with Crippen LogP contribution in [-0.4, -0.2) is 28.9 Å². The fraction of sp³-hybridized carbons (Fsp3) is 0.261. The molecule has 2 aromatic carbocycles. The Balaban J connectivity index is 1.37. The highest BCUT2D eigenvalue weighted by Crippen LogP contribution is 2.21. The highest BCUT2D eigenvalue weighted by atomic mass is 32.2. The number of hydrogen-bond acceptors (Lipinski definition) is 3. The maximum absolute atomic E-state index is 13.1. The zero-order valence-corrected chi connectivity index (χ0v) is 16.7. The number of halogens is 1. The zero-order chi connectivity index (χ0) is 19.3. The van der Waals surface area contributed by atoms with E-state index in [1.165, 1.54) is 23.3 Å². The molecule has 0 saturated heterocycles. The lowest BCUT2D eigenvalue weighted by Gasteiger charge is -2.09. The molecule has 28 heavy (non-hydrogen) atoms. The van der Waals surface area contributed by atoms with Gasteiger partial charge in [-0.3, -0.25) is 0 Å². The van der Waals surface area contributed by atoms with E-state index in [9.17, 15) is 4.39 Å². The van der Waals surface area contributed by atoms with Gasteiger partial charge in [-0.05, 0) is 47.9 Å². The molecule has 0 saturated carbocycles. The van der Waals surface area contributed by atoms with Gasteiger partial charge in [0.05, 0.1) is 6.04 Å². The summed E-state index contributed by atoms with van der Waals surface area (Å²) in [5.74, 6) is 2.42. The predicted molar refractivity (Wildman–Crippen MR) is 114 cm³/mol. The number of thioether (sulfide) groups is 1. The van der Waals surface area contributed by atoms with Gasteiger partial charge in [0, 0.05) is 24.2 Å². The van der Waals surface area contributed by atoms with Crippen LogP contribution < -0.4 is 0 Å². The molecule has 0 spiro atoms. The van der Waals surface area contributed by atoms with Gasteiger partial charge in [0.25, 0.3) is 0 Å². The SMILES string of the molecule is Cc1ccccc1CSCC1COC(c2cccn2Cc2ccc(F)cc2)=N1. The molecule has 2 heterocycles. The summed E-state index contributed by atoms with van der Waals surface area (Å²) >= 11 is 1.90. The van der Waals surface area contributed by atoms with E-state index in [0.717, 1.165) is 22.8 Å². The van der Waals surface area contributed by atoms with E-state index < -0.39 is 0 Å². The molecule has 3 aromatic rings. The van der Waals surface area contributed by atoms with Crippen molar-refractivity contribution in [2.24, 2.45) is 4.99 Å². The molecule has 0 N–H and O–H groups in total. The summed E-state index contributed by atoms with van der Waals surface area (Å²) in [5.41, 5.74) is 4.72. The van der Waals surface area contributed by atoms with Crippen molar-refractivity contribution < 1.29 is 9.13 Å². The van der Waals surface area contributed by atoms with Gasteiger partial charge < -0.3 is 9.30 Å². The minimum absolute atomic E-state index is 0.179. The number of rotatable bonds is 7. The Morgan fingerprint density at radius 2 is 1.93 bits per heavy atom. The summed E-state index contributed by atoms with van der Waals surface area (Å²) in [4.78, 5) is 4.79. The molecule has 0 aliphatic carbocycles. The van der Waals surface area contributed by atoms with E-state index in [1.54, 1.807) is 12.1 Å². The lowest BCUT2D eigenvalue weighted by atomic mass is 10.1. The van der Waals surface area contributed by atoms with E-state index in [1.807, 2.05) is 30.1 Å². The van der Waals surface area contributed by atoms with Crippen LogP contribution in [0.4, 0.5) is 4.39 Å². The fourth-order valence-electron chi connectivity index (χ4n) is 3.25. The normalized spacial score (nSPS) is 16.1. The van der Waals surface area contributed by atoms with Gasteiger partial charge in [0.1, 0.15) is 18.1 Å². The molecular weight excluding hydrogens is 371 g/mol. The first-order valence-corrected chi connectivity index (χ1v) is 10.6. The van der Waals surface area contributed by atoms with Crippen LogP contribution in [0, 0.1) is 12.7 Å². The minimum atomic E-state index is -0.217. The smallest absolute Gasteiger partial charge is 0.233 e. The van der Waals surface area contributed by atoms with Crippen molar-refractivity contribution in [1.82, 2.24) is 4.57 Å². The van der Waals surface area contributed by atoms with Crippen LogP contribution in [-0.2, 0) is 17.0 Å². The Labute approximate surface area is 169 Å². The summed E-state index contributed by atoms with van der Waals surface area (Å²) in [6, 6.07) is 19.3. The molecule has 0 radical (unpaired) electrons.